The topological polar surface area (TPSA) is 88.0 Å². The molecule has 0 spiro atoms. The molecule has 1 unspecified atom stereocenters. The number of likely N-dealkylation sites (N-methyl/N-ethyl adjacent to an activating group) is 1. The zero-order chi connectivity index (χ0) is 29.0. The van der Waals surface area contributed by atoms with Crippen molar-refractivity contribution in [1.82, 2.24) is 24.3 Å². The summed E-state index contributed by atoms with van der Waals surface area (Å²) in [6.07, 6.45) is 5.91. The molecule has 1 aromatic heterocycles. The van der Waals surface area contributed by atoms with E-state index < -0.39 is 5.54 Å². The molecule has 1 atom stereocenters. The predicted molar refractivity (Wildman–Crippen MR) is 156 cm³/mol. The van der Waals surface area contributed by atoms with Crippen LogP contribution < -0.4 is 0 Å². The van der Waals surface area contributed by atoms with Crippen LogP contribution in [-0.4, -0.2) is 76.0 Å². The van der Waals surface area contributed by atoms with Crippen molar-refractivity contribution in [3.8, 4) is 0 Å². The lowest BCUT2D eigenvalue weighted by atomic mass is 9.86. The van der Waals surface area contributed by atoms with Gasteiger partial charge >= 0.3 is 6.03 Å². The van der Waals surface area contributed by atoms with E-state index in [4.69, 9.17) is 4.74 Å². The summed E-state index contributed by atoms with van der Waals surface area (Å²) < 4.78 is 7.01. The number of amides is 4. The van der Waals surface area contributed by atoms with Gasteiger partial charge in [-0.05, 0) is 47.4 Å². The van der Waals surface area contributed by atoms with Crippen molar-refractivity contribution < 1.29 is 19.1 Å². The van der Waals surface area contributed by atoms with Crippen LogP contribution in [0.1, 0.15) is 34.8 Å². The van der Waals surface area contributed by atoms with E-state index in [1.807, 2.05) is 72.3 Å². The summed E-state index contributed by atoms with van der Waals surface area (Å²) in [7, 11) is 3.34. The van der Waals surface area contributed by atoms with Gasteiger partial charge in [0, 0.05) is 58.3 Å². The molecule has 0 aliphatic carbocycles. The van der Waals surface area contributed by atoms with E-state index >= 15 is 0 Å². The molecule has 1 aliphatic heterocycles. The van der Waals surface area contributed by atoms with Gasteiger partial charge in [-0.1, -0.05) is 54.6 Å². The molecular formula is C32H35N5O4. The Morgan fingerprint density at radius 2 is 1.76 bits per heavy atom. The van der Waals surface area contributed by atoms with Gasteiger partial charge in [-0.15, -0.1) is 0 Å². The molecule has 0 radical (unpaired) electrons. The van der Waals surface area contributed by atoms with Crippen molar-refractivity contribution in [2.24, 2.45) is 0 Å². The van der Waals surface area contributed by atoms with E-state index in [0.717, 1.165) is 21.9 Å². The van der Waals surface area contributed by atoms with Gasteiger partial charge < -0.3 is 19.1 Å². The molecule has 9 nitrogen and oxygen atoms in total. The summed E-state index contributed by atoms with van der Waals surface area (Å²) in [6.45, 7) is 3.95. The van der Waals surface area contributed by atoms with Crippen molar-refractivity contribution in [1.29, 1.82) is 0 Å². The van der Waals surface area contributed by atoms with Crippen LogP contribution in [0.4, 0.5) is 4.79 Å². The van der Waals surface area contributed by atoms with Gasteiger partial charge in [0.2, 0.25) is 0 Å². The fourth-order valence-corrected chi connectivity index (χ4v) is 5.45. The lowest BCUT2D eigenvalue weighted by Crippen LogP contribution is -2.44. The average Bonchev–Trinajstić information content (AvgIpc) is 3.58. The SMILES string of the molecule is COCCN(C)C(=O)c1ccc(CN2C(=O)N(CCCn3ccnc3)C(=O)C2(C)c2cccc3ccccc23)cc1. The smallest absolute Gasteiger partial charge is 0.328 e. The largest absolute Gasteiger partial charge is 0.383 e. The molecule has 0 saturated carbocycles. The normalized spacial score (nSPS) is 17.0. The predicted octanol–water partition coefficient (Wildman–Crippen LogP) is 4.52. The van der Waals surface area contributed by atoms with E-state index in [-0.39, 0.29) is 24.4 Å². The third-order valence-corrected chi connectivity index (χ3v) is 7.85. The van der Waals surface area contributed by atoms with Crippen LogP contribution in [0.3, 0.4) is 0 Å². The maximum Gasteiger partial charge on any atom is 0.328 e. The quantitative estimate of drug-likeness (QED) is 0.255. The summed E-state index contributed by atoms with van der Waals surface area (Å²) in [6, 6.07) is 20.7. The monoisotopic (exact) mass is 553 g/mol. The molecular weight excluding hydrogens is 518 g/mol. The first-order valence-electron chi connectivity index (χ1n) is 13.8. The number of aryl methyl sites for hydroxylation is 1. The van der Waals surface area contributed by atoms with Gasteiger partial charge in [-0.3, -0.25) is 14.5 Å². The standard InChI is InChI=1S/C32H35N5O4/c1-32(28-11-6-9-25-8-4-5-10-27(25)28)30(39)36(18-7-17-35-19-16-33-23-35)31(40)37(32)22-24-12-14-26(15-13-24)29(38)34(2)20-21-41-3/h4-6,8-16,19,23H,7,17-18,20-22H2,1-3H3. The minimum absolute atomic E-state index is 0.106. The van der Waals surface area contributed by atoms with E-state index in [0.29, 0.717) is 38.2 Å². The molecule has 4 aromatic rings. The molecule has 2 heterocycles. The number of methoxy groups -OCH3 is 1. The molecule has 1 fully saturated rings. The number of imide groups is 1. The number of fused-ring (bicyclic) bond motifs is 1. The van der Waals surface area contributed by atoms with Crippen LogP contribution in [0.5, 0.6) is 0 Å². The van der Waals surface area contributed by atoms with Crippen molar-refractivity contribution in [2.45, 2.75) is 32.0 Å². The Kier molecular flexibility index (Phi) is 8.16. The molecule has 4 amide bonds. The highest BCUT2D eigenvalue weighted by molar-refractivity contribution is 6.09. The Hall–Kier alpha value is -4.50. The highest BCUT2D eigenvalue weighted by Crippen LogP contribution is 2.41. The van der Waals surface area contributed by atoms with Crippen LogP contribution in [-0.2, 0) is 28.2 Å². The minimum atomic E-state index is -1.21. The number of imidazole rings is 1. The Morgan fingerprint density at radius 1 is 1.00 bits per heavy atom. The van der Waals surface area contributed by atoms with E-state index in [1.165, 1.54) is 4.90 Å². The lowest BCUT2D eigenvalue weighted by Gasteiger charge is -2.33. The molecule has 41 heavy (non-hydrogen) atoms. The maximum absolute atomic E-state index is 14.2. The maximum atomic E-state index is 14.2. The second kappa shape index (κ2) is 11.9. The summed E-state index contributed by atoms with van der Waals surface area (Å²) >= 11 is 0. The molecule has 3 aromatic carbocycles. The van der Waals surface area contributed by atoms with Crippen LogP contribution >= 0.6 is 0 Å². The van der Waals surface area contributed by atoms with Crippen LogP contribution in [0.2, 0.25) is 0 Å². The van der Waals surface area contributed by atoms with Crippen molar-refractivity contribution in [3.05, 3.63) is 102 Å². The Balaban J connectivity index is 1.45. The van der Waals surface area contributed by atoms with E-state index in [2.05, 4.69) is 4.98 Å². The second-order valence-electron chi connectivity index (χ2n) is 10.5. The zero-order valence-corrected chi connectivity index (χ0v) is 23.7. The van der Waals surface area contributed by atoms with Crippen molar-refractivity contribution in [3.63, 3.8) is 0 Å². The number of carbonyl (C=O) groups excluding carboxylic acids is 3. The van der Waals surface area contributed by atoms with Crippen LogP contribution in [0.15, 0.2) is 85.5 Å². The number of carbonyl (C=O) groups is 3. The van der Waals surface area contributed by atoms with Gasteiger partial charge in [0.1, 0.15) is 5.54 Å². The number of hydrogen-bond acceptors (Lipinski definition) is 5. The first kappa shape index (κ1) is 28.0. The molecule has 212 valence electrons. The number of urea groups is 1. The minimum Gasteiger partial charge on any atom is -0.383 e. The second-order valence-corrected chi connectivity index (χ2v) is 10.5. The van der Waals surface area contributed by atoms with Gasteiger partial charge in [0.25, 0.3) is 11.8 Å². The molecule has 1 saturated heterocycles. The first-order valence-corrected chi connectivity index (χ1v) is 13.8. The van der Waals surface area contributed by atoms with E-state index in [9.17, 15) is 14.4 Å². The Bertz CT molecular complexity index is 1530. The number of rotatable bonds is 11. The van der Waals surface area contributed by atoms with Crippen LogP contribution in [0.25, 0.3) is 10.8 Å². The number of aromatic nitrogens is 2. The Morgan fingerprint density at radius 3 is 2.49 bits per heavy atom. The van der Waals surface area contributed by atoms with Crippen molar-refractivity contribution in [2.75, 3.05) is 33.9 Å². The summed E-state index contributed by atoms with van der Waals surface area (Å²) in [4.78, 5) is 49.6. The molecule has 0 bridgehead atoms. The lowest BCUT2D eigenvalue weighted by molar-refractivity contribution is -0.133. The number of nitrogens with zero attached hydrogens (tertiary/aromatic N) is 5. The van der Waals surface area contributed by atoms with Gasteiger partial charge in [-0.2, -0.15) is 0 Å². The fourth-order valence-electron chi connectivity index (χ4n) is 5.45. The van der Waals surface area contributed by atoms with Gasteiger partial charge in [0.05, 0.1) is 12.9 Å². The zero-order valence-electron chi connectivity index (χ0n) is 23.7. The van der Waals surface area contributed by atoms with Crippen LogP contribution in [0, 0.1) is 0 Å². The van der Waals surface area contributed by atoms with Gasteiger partial charge in [-0.25, -0.2) is 9.78 Å². The highest BCUT2D eigenvalue weighted by atomic mass is 16.5. The fraction of sp³-hybridized carbons (Fsp3) is 0.312. The third-order valence-electron chi connectivity index (χ3n) is 7.85. The van der Waals surface area contributed by atoms with E-state index in [1.54, 1.807) is 48.6 Å². The summed E-state index contributed by atoms with van der Waals surface area (Å²) in [5, 5.41) is 1.94. The Labute approximate surface area is 239 Å². The number of ether oxygens (including phenoxy) is 1. The molecule has 9 heteroatoms. The van der Waals surface area contributed by atoms with Crippen molar-refractivity contribution >= 4 is 28.6 Å². The molecule has 1 aliphatic rings. The van der Waals surface area contributed by atoms with Gasteiger partial charge in [0.15, 0.2) is 0 Å². The molecule has 0 N–H and O–H groups in total. The molecule has 5 rings (SSSR count). The summed E-state index contributed by atoms with van der Waals surface area (Å²) in [5.74, 6) is -0.346. The number of hydrogen-bond donors (Lipinski definition) is 0. The number of benzene rings is 3. The highest BCUT2D eigenvalue weighted by Gasteiger charge is 2.55. The summed E-state index contributed by atoms with van der Waals surface area (Å²) in [5.41, 5.74) is 0.961. The first-order chi connectivity index (χ1) is 19.8. The third kappa shape index (κ3) is 5.45. The average molecular weight is 554 g/mol.